The summed E-state index contributed by atoms with van der Waals surface area (Å²) in [6.07, 6.45) is -3.20. The van der Waals surface area contributed by atoms with Crippen LogP contribution in [-0.4, -0.2) is 16.0 Å². The Morgan fingerprint density at radius 1 is 1.06 bits per heavy atom. The molecule has 32 heavy (non-hydrogen) atoms. The van der Waals surface area contributed by atoms with Gasteiger partial charge in [0, 0.05) is 12.1 Å². The van der Waals surface area contributed by atoms with Gasteiger partial charge in [-0.05, 0) is 42.1 Å². The fraction of sp³-hybridized carbons (Fsp3) is 0.0476. The van der Waals surface area contributed by atoms with Crippen molar-refractivity contribution in [2.24, 2.45) is 4.99 Å². The second-order valence-electron chi connectivity index (χ2n) is 6.47. The zero-order valence-corrected chi connectivity index (χ0v) is 16.7. The van der Waals surface area contributed by atoms with Gasteiger partial charge in [-0.3, -0.25) is 14.9 Å². The number of para-hydroxylation sites is 2. The van der Waals surface area contributed by atoms with Gasteiger partial charge in [0.25, 0.3) is 11.6 Å². The van der Waals surface area contributed by atoms with Crippen molar-refractivity contribution >= 4 is 40.3 Å². The Labute approximate surface area is 182 Å². The fourth-order valence-corrected chi connectivity index (χ4v) is 3.76. The summed E-state index contributed by atoms with van der Waals surface area (Å²) < 4.78 is 45.1. The van der Waals surface area contributed by atoms with E-state index in [9.17, 15) is 28.1 Å². The lowest BCUT2D eigenvalue weighted by molar-refractivity contribution is -0.384. The maximum absolute atomic E-state index is 13.2. The van der Waals surface area contributed by atoms with Crippen LogP contribution in [0.15, 0.2) is 75.0 Å². The van der Waals surface area contributed by atoms with E-state index < -0.39 is 22.6 Å². The van der Waals surface area contributed by atoms with Crippen LogP contribution >= 0.6 is 11.8 Å². The number of amides is 1. The van der Waals surface area contributed by atoms with Crippen molar-refractivity contribution in [1.29, 1.82) is 0 Å². The first-order valence-corrected chi connectivity index (χ1v) is 9.83. The number of carbonyl (C=O) groups is 1. The third kappa shape index (κ3) is 4.42. The lowest BCUT2D eigenvalue weighted by Gasteiger charge is -2.09. The van der Waals surface area contributed by atoms with Crippen LogP contribution in [0.1, 0.15) is 11.3 Å². The molecule has 0 saturated carbocycles. The van der Waals surface area contributed by atoms with E-state index in [0.29, 0.717) is 0 Å². The number of carbonyl (C=O) groups excluding carboxylic acids is 1. The van der Waals surface area contributed by atoms with E-state index in [-0.39, 0.29) is 38.5 Å². The van der Waals surface area contributed by atoms with Crippen LogP contribution in [0.3, 0.4) is 0 Å². The highest BCUT2D eigenvalue weighted by molar-refractivity contribution is 8.18. The molecule has 1 aromatic heterocycles. The molecule has 0 spiro atoms. The normalized spacial score (nSPS) is 16.5. The average Bonchev–Trinajstić information content (AvgIpc) is 3.34. The summed E-state index contributed by atoms with van der Waals surface area (Å²) in [5.41, 5.74) is -1.09. The molecule has 0 unspecified atom stereocenters. The number of benzene rings is 2. The van der Waals surface area contributed by atoms with E-state index >= 15 is 0 Å². The monoisotopic (exact) mass is 459 g/mol. The predicted molar refractivity (Wildman–Crippen MR) is 113 cm³/mol. The number of hydrogen-bond acceptors (Lipinski definition) is 6. The highest BCUT2D eigenvalue weighted by Crippen LogP contribution is 2.38. The van der Waals surface area contributed by atoms with Crippen molar-refractivity contribution in [2.75, 3.05) is 0 Å². The van der Waals surface area contributed by atoms with Crippen LogP contribution in [0.5, 0.6) is 0 Å². The molecule has 2 heterocycles. The lowest BCUT2D eigenvalue weighted by Crippen LogP contribution is -2.19. The number of nitro groups is 1. The van der Waals surface area contributed by atoms with E-state index in [1.54, 1.807) is 6.07 Å². The van der Waals surface area contributed by atoms with Gasteiger partial charge in [0.2, 0.25) is 0 Å². The molecular weight excluding hydrogens is 447 g/mol. The van der Waals surface area contributed by atoms with Crippen LogP contribution in [0.2, 0.25) is 0 Å². The molecular formula is C21H12F3N3O4S. The van der Waals surface area contributed by atoms with Gasteiger partial charge in [0.15, 0.2) is 5.17 Å². The van der Waals surface area contributed by atoms with Crippen molar-refractivity contribution in [1.82, 2.24) is 5.32 Å². The van der Waals surface area contributed by atoms with Gasteiger partial charge in [-0.1, -0.05) is 24.3 Å². The second kappa shape index (κ2) is 8.35. The smallest absolute Gasteiger partial charge is 0.418 e. The topological polar surface area (TPSA) is 97.7 Å². The minimum absolute atomic E-state index is 0.0107. The number of aliphatic imine (C=N–C) groups is 1. The maximum atomic E-state index is 13.2. The summed E-state index contributed by atoms with van der Waals surface area (Å²) in [6, 6.07) is 13.9. The first-order valence-electron chi connectivity index (χ1n) is 9.02. The van der Waals surface area contributed by atoms with Crippen molar-refractivity contribution in [3.8, 4) is 11.3 Å². The second-order valence-corrected chi connectivity index (χ2v) is 7.50. The van der Waals surface area contributed by atoms with Crippen LogP contribution < -0.4 is 5.32 Å². The number of nitrogens with zero attached hydrogens (tertiary/aromatic N) is 2. The first-order chi connectivity index (χ1) is 15.2. The number of rotatable bonds is 4. The van der Waals surface area contributed by atoms with E-state index in [2.05, 4.69) is 10.3 Å². The molecule has 1 N–H and O–H groups in total. The van der Waals surface area contributed by atoms with Crippen LogP contribution in [0.4, 0.5) is 24.5 Å². The summed E-state index contributed by atoms with van der Waals surface area (Å²) in [5, 5.41) is 13.6. The van der Waals surface area contributed by atoms with Crippen molar-refractivity contribution in [3.05, 3.63) is 87.0 Å². The first kappa shape index (κ1) is 21.4. The van der Waals surface area contributed by atoms with Gasteiger partial charge in [0.05, 0.1) is 26.6 Å². The average molecular weight is 459 g/mol. The molecule has 2 aromatic carbocycles. The third-order valence-electron chi connectivity index (χ3n) is 4.35. The molecule has 7 nitrogen and oxygen atoms in total. The van der Waals surface area contributed by atoms with Gasteiger partial charge < -0.3 is 9.73 Å². The summed E-state index contributed by atoms with van der Waals surface area (Å²) in [5.74, 6) is -0.0739. The molecule has 0 aliphatic carbocycles. The molecule has 0 bridgehead atoms. The molecule has 0 radical (unpaired) electrons. The zero-order chi connectivity index (χ0) is 22.9. The highest BCUT2D eigenvalue weighted by Gasteiger charge is 2.34. The molecule has 1 aliphatic heterocycles. The number of furan rings is 1. The zero-order valence-electron chi connectivity index (χ0n) is 15.9. The Kier molecular flexibility index (Phi) is 5.57. The van der Waals surface area contributed by atoms with Gasteiger partial charge in [0.1, 0.15) is 11.5 Å². The Morgan fingerprint density at radius 2 is 1.78 bits per heavy atom. The number of thioether (sulfide) groups is 1. The summed E-state index contributed by atoms with van der Waals surface area (Å²) >= 11 is 0.856. The quantitative estimate of drug-likeness (QED) is 0.304. The number of halogens is 3. The molecule has 0 atom stereocenters. The number of hydrogen-bond donors (Lipinski definition) is 1. The van der Waals surface area contributed by atoms with Gasteiger partial charge >= 0.3 is 6.18 Å². The molecule has 1 aliphatic rings. The molecule has 3 aromatic rings. The fourth-order valence-electron chi connectivity index (χ4n) is 2.95. The van der Waals surface area contributed by atoms with Gasteiger partial charge in [-0.2, -0.15) is 13.2 Å². The lowest BCUT2D eigenvalue weighted by atomic mass is 10.1. The third-order valence-corrected chi connectivity index (χ3v) is 5.26. The minimum atomic E-state index is -4.59. The number of nitro benzene ring substituents is 1. The Bertz CT molecular complexity index is 1280. The van der Waals surface area contributed by atoms with E-state index in [1.165, 1.54) is 54.6 Å². The summed E-state index contributed by atoms with van der Waals surface area (Å²) in [6.45, 7) is 0. The van der Waals surface area contributed by atoms with E-state index in [1.807, 2.05) is 0 Å². The van der Waals surface area contributed by atoms with E-state index in [4.69, 9.17) is 4.42 Å². The Morgan fingerprint density at radius 3 is 2.53 bits per heavy atom. The number of amidine groups is 1. The number of alkyl halides is 3. The molecule has 162 valence electrons. The maximum Gasteiger partial charge on any atom is 0.418 e. The summed E-state index contributed by atoms with van der Waals surface area (Å²) in [7, 11) is 0. The highest BCUT2D eigenvalue weighted by atomic mass is 32.2. The van der Waals surface area contributed by atoms with Crippen LogP contribution in [0.25, 0.3) is 17.4 Å². The van der Waals surface area contributed by atoms with E-state index in [0.717, 1.165) is 17.8 Å². The van der Waals surface area contributed by atoms with Crippen LogP contribution in [0, 0.1) is 10.1 Å². The Hall–Kier alpha value is -3.86. The van der Waals surface area contributed by atoms with Crippen molar-refractivity contribution < 1.29 is 27.3 Å². The molecule has 1 fully saturated rings. The predicted octanol–water partition coefficient (Wildman–Crippen LogP) is 5.77. The van der Waals surface area contributed by atoms with Crippen molar-refractivity contribution in [3.63, 3.8) is 0 Å². The number of nitrogens with one attached hydrogen (secondary N) is 1. The van der Waals surface area contributed by atoms with Gasteiger partial charge in [-0.25, -0.2) is 4.99 Å². The molecule has 11 heteroatoms. The standard InChI is InChI=1S/C21H12F3N3O4S/c22-21(23,24)14-6-2-3-7-15(14)25-20-26-19(28)18(32-20)11-12-9-10-17(31-12)13-5-1-4-8-16(13)27(29)30/h1-11H,(H,25,26,28)/b18-11+. The molecule has 4 rings (SSSR count). The molecule has 1 saturated heterocycles. The summed E-state index contributed by atoms with van der Waals surface area (Å²) in [4.78, 5) is 27.0. The Balaban J connectivity index is 1.60. The minimum Gasteiger partial charge on any atom is -0.456 e. The SMILES string of the molecule is O=C1NC(=Nc2ccccc2C(F)(F)F)S/C1=C/c1ccc(-c2ccccc2[N+](=O)[O-])o1. The van der Waals surface area contributed by atoms with Crippen LogP contribution in [-0.2, 0) is 11.0 Å². The van der Waals surface area contributed by atoms with Gasteiger partial charge in [-0.15, -0.1) is 0 Å². The molecule has 1 amide bonds. The van der Waals surface area contributed by atoms with Crippen molar-refractivity contribution in [2.45, 2.75) is 6.18 Å². The largest absolute Gasteiger partial charge is 0.456 e.